The lowest BCUT2D eigenvalue weighted by Crippen LogP contribution is -2.33. The van der Waals surface area contributed by atoms with Crippen LogP contribution in [0.3, 0.4) is 0 Å². The summed E-state index contributed by atoms with van der Waals surface area (Å²) >= 11 is 0. The molecule has 0 unspecified atom stereocenters. The standard InChI is InChI=1S/C20H16FN5O4/c1-29-12-7-5-6-11(10-12)18(27)15-16(19(28)30-2)22-20-23-24-25-26(20)17(15)13-8-3-4-9-14(13)21/h3-10,17H,1-2H3,(H,22,23,25)/t17-/m0/s1. The minimum atomic E-state index is -1.09. The Balaban J connectivity index is 1.97. The summed E-state index contributed by atoms with van der Waals surface area (Å²) in [7, 11) is 2.65. The van der Waals surface area contributed by atoms with Gasteiger partial charge in [0.15, 0.2) is 5.78 Å². The molecule has 3 aromatic rings. The highest BCUT2D eigenvalue weighted by Gasteiger charge is 2.39. The van der Waals surface area contributed by atoms with E-state index >= 15 is 0 Å². The molecular formula is C20H16FN5O4. The van der Waals surface area contributed by atoms with Crippen LogP contribution in [0.5, 0.6) is 5.75 Å². The summed E-state index contributed by atoms with van der Waals surface area (Å²) in [6.45, 7) is 0. The van der Waals surface area contributed by atoms with Gasteiger partial charge in [0.2, 0.25) is 5.95 Å². The van der Waals surface area contributed by atoms with Gasteiger partial charge in [-0.2, -0.15) is 4.68 Å². The Labute approximate surface area is 170 Å². The average molecular weight is 409 g/mol. The zero-order chi connectivity index (χ0) is 21.3. The molecule has 0 spiro atoms. The molecule has 30 heavy (non-hydrogen) atoms. The summed E-state index contributed by atoms with van der Waals surface area (Å²) in [6.07, 6.45) is 0. The summed E-state index contributed by atoms with van der Waals surface area (Å²) in [4.78, 5) is 26.1. The van der Waals surface area contributed by atoms with Crippen molar-refractivity contribution in [2.75, 3.05) is 19.5 Å². The first-order chi connectivity index (χ1) is 14.5. The van der Waals surface area contributed by atoms with E-state index in [-0.39, 0.29) is 28.3 Å². The Hall–Kier alpha value is -4.08. The van der Waals surface area contributed by atoms with Crippen LogP contribution in [0.2, 0.25) is 0 Å². The first kappa shape index (κ1) is 19.2. The second-order valence-corrected chi connectivity index (χ2v) is 6.34. The van der Waals surface area contributed by atoms with Crippen LogP contribution in [0, 0.1) is 5.82 Å². The number of tetrazole rings is 1. The molecule has 1 aliphatic heterocycles. The van der Waals surface area contributed by atoms with Crippen molar-refractivity contribution in [3.63, 3.8) is 0 Å². The molecule has 0 aliphatic carbocycles. The molecule has 0 radical (unpaired) electrons. The van der Waals surface area contributed by atoms with E-state index in [1.54, 1.807) is 24.3 Å². The average Bonchev–Trinajstić information content (AvgIpc) is 3.26. The third-order valence-electron chi connectivity index (χ3n) is 4.68. The minimum Gasteiger partial charge on any atom is -0.497 e. The molecule has 9 nitrogen and oxygen atoms in total. The maximum absolute atomic E-state index is 14.8. The number of ether oxygens (including phenoxy) is 2. The lowest BCUT2D eigenvalue weighted by Gasteiger charge is -2.28. The molecular weight excluding hydrogens is 393 g/mol. The van der Waals surface area contributed by atoms with Crippen molar-refractivity contribution in [1.29, 1.82) is 0 Å². The second-order valence-electron chi connectivity index (χ2n) is 6.34. The van der Waals surface area contributed by atoms with Gasteiger partial charge in [0.05, 0.1) is 19.8 Å². The fourth-order valence-electron chi connectivity index (χ4n) is 3.29. The predicted molar refractivity (Wildman–Crippen MR) is 102 cm³/mol. The smallest absolute Gasteiger partial charge is 0.355 e. The fourth-order valence-corrected chi connectivity index (χ4v) is 3.29. The molecule has 1 N–H and O–H groups in total. The van der Waals surface area contributed by atoms with E-state index in [1.807, 2.05) is 0 Å². The summed E-state index contributed by atoms with van der Waals surface area (Å²) in [5.41, 5.74) is 0.145. The van der Waals surface area contributed by atoms with Crippen LogP contribution in [0.4, 0.5) is 10.3 Å². The third kappa shape index (κ3) is 3.17. The number of rotatable bonds is 5. The molecule has 0 saturated heterocycles. The number of benzene rings is 2. The molecule has 2 aromatic carbocycles. The largest absolute Gasteiger partial charge is 0.497 e. The molecule has 1 atom stereocenters. The van der Waals surface area contributed by atoms with Crippen LogP contribution in [-0.4, -0.2) is 46.2 Å². The number of methoxy groups -OCH3 is 2. The number of fused-ring (bicyclic) bond motifs is 1. The molecule has 2 heterocycles. The zero-order valence-corrected chi connectivity index (χ0v) is 16.0. The highest BCUT2D eigenvalue weighted by Crippen LogP contribution is 2.37. The number of hydrogen-bond donors (Lipinski definition) is 1. The van der Waals surface area contributed by atoms with Gasteiger partial charge in [0.1, 0.15) is 23.3 Å². The van der Waals surface area contributed by atoms with Crippen molar-refractivity contribution < 1.29 is 23.5 Å². The summed E-state index contributed by atoms with van der Waals surface area (Å²) in [5.74, 6) is -1.39. The van der Waals surface area contributed by atoms with Crippen LogP contribution in [-0.2, 0) is 9.53 Å². The van der Waals surface area contributed by atoms with Crippen molar-refractivity contribution in [3.8, 4) is 5.75 Å². The van der Waals surface area contributed by atoms with E-state index in [9.17, 15) is 14.0 Å². The van der Waals surface area contributed by atoms with E-state index < -0.39 is 23.6 Å². The fraction of sp³-hybridized carbons (Fsp3) is 0.150. The van der Waals surface area contributed by atoms with Gasteiger partial charge in [-0.25, -0.2) is 9.18 Å². The van der Waals surface area contributed by atoms with Gasteiger partial charge in [-0.1, -0.05) is 35.4 Å². The molecule has 10 heteroatoms. The minimum absolute atomic E-state index is 0.0556. The highest BCUT2D eigenvalue weighted by molar-refractivity contribution is 6.15. The van der Waals surface area contributed by atoms with Crippen molar-refractivity contribution >= 4 is 17.7 Å². The van der Waals surface area contributed by atoms with Crippen LogP contribution >= 0.6 is 0 Å². The van der Waals surface area contributed by atoms with E-state index in [0.29, 0.717) is 5.75 Å². The molecule has 0 saturated carbocycles. The molecule has 0 amide bonds. The number of carbonyl (C=O) groups is 2. The number of anilines is 1. The summed E-state index contributed by atoms with van der Waals surface area (Å²) < 4.78 is 26.1. The van der Waals surface area contributed by atoms with Gasteiger partial charge in [-0.3, -0.25) is 4.79 Å². The molecule has 1 aliphatic rings. The van der Waals surface area contributed by atoms with Crippen molar-refractivity contribution in [3.05, 3.63) is 76.7 Å². The number of esters is 1. The predicted octanol–water partition coefficient (Wildman–Crippen LogP) is 2.15. The number of hydrogen-bond acceptors (Lipinski definition) is 8. The van der Waals surface area contributed by atoms with E-state index in [2.05, 4.69) is 20.8 Å². The quantitative estimate of drug-likeness (QED) is 0.504. The van der Waals surface area contributed by atoms with Gasteiger partial charge in [0, 0.05) is 11.1 Å². The number of carbonyl (C=O) groups excluding carboxylic acids is 2. The Morgan fingerprint density at radius 2 is 1.93 bits per heavy atom. The molecule has 0 fully saturated rings. The Kier molecular flexibility index (Phi) is 4.97. The lowest BCUT2D eigenvalue weighted by atomic mass is 9.89. The normalized spacial score (nSPS) is 15.2. The number of halogens is 1. The van der Waals surface area contributed by atoms with Crippen LogP contribution in [0.25, 0.3) is 0 Å². The first-order valence-electron chi connectivity index (χ1n) is 8.85. The van der Waals surface area contributed by atoms with Crippen LogP contribution < -0.4 is 10.1 Å². The molecule has 4 rings (SSSR count). The van der Waals surface area contributed by atoms with Gasteiger partial charge in [-0.05, 0) is 28.6 Å². The summed E-state index contributed by atoms with van der Waals surface area (Å²) in [5, 5.41) is 14.0. The van der Waals surface area contributed by atoms with Crippen molar-refractivity contribution in [1.82, 2.24) is 20.2 Å². The second kappa shape index (κ2) is 7.74. The van der Waals surface area contributed by atoms with E-state index in [0.717, 1.165) is 0 Å². The Morgan fingerprint density at radius 1 is 1.13 bits per heavy atom. The molecule has 0 bridgehead atoms. The Bertz CT molecular complexity index is 1170. The topological polar surface area (TPSA) is 108 Å². The zero-order valence-electron chi connectivity index (χ0n) is 16.0. The van der Waals surface area contributed by atoms with Crippen molar-refractivity contribution in [2.45, 2.75) is 6.04 Å². The Morgan fingerprint density at radius 3 is 2.67 bits per heavy atom. The SMILES string of the molecule is COC(=O)C1=C(C(=O)c2cccc(OC)c2)[C@H](c2ccccc2F)n2nnnc2N1. The number of aromatic nitrogens is 4. The molecule has 1 aromatic heterocycles. The van der Waals surface area contributed by atoms with Crippen LogP contribution in [0.1, 0.15) is 22.0 Å². The van der Waals surface area contributed by atoms with E-state index in [4.69, 9.17) is 9.47 Å². The maximum Gasteiger partial charge on any atom is 0.355 e. The number of nitrogens with zero attached hydrogens (tertiary/aromatic N) is 4. The number of Topliss-reactive ketones (excluding diaryl/α,β-unsaturated/α-hetero) is 1. The lowest BCUT2D eigenvalue weighted by molar-refractivity contribution is -0.136. The van der Waals surface area contributed by atoms with Crippen LogP contribution in [0.15, 0.2) is 59.8 Å². The van der Waals surface area contributed by atoms with E-state index in [1.165, 1.54) is 43.2 Å². The number of ketones is 1. The number of allylic oxidation sites excluding steroid dienone is 1. The highest BCUT2D eigenvalue weighted by atomic mass is 19.1. The number of nitrogens with one attached hydrogen (secondary N) is 1. The van der Waals surface area contributed by atoms with Crippen molar-refractivity contribution in [2.24, 2.45) is 0 Å². The monoisotopic (exact) mass is 409 g/mol. The van der Waals surface area contributed by atoms with Gasteiger partial charge >= 0.3 is 5.97 Å². The summed E-state index contributed by atoms with van der Waals surface area (Å²) in [6, 6.07) is 11.2. The van der Waals surface area contributed by atoms with Gasteiger partial charge in [-0.15, -0.1) is 0 Å². The first-order valence-corrected chi connectivity index (χ1v) is 8.85. The maximum atomic E-state index is 14.8. The third-order valence-corrected chi connectivity index (χ3v) is 4.68. The van der Waals surface area contributed by atoms with Gasteiger partial charge in [0.25, 0.3) is 0 Å². The molecule has 152 valence electrons. The van der Waals surface area contributed by atoms with Gasteiger partial charge < -0.3 is 14.8 Å².